The Morgan fingerprint density at radius 3 is 1.14 bits per heavy atom. The van der Waals surface area contributed by atoms with Crippen molar-refractivity contribution in [3.05, 3.63) is 59.7 Å². The van der Waals surface area contributed by atoms with Crippen LogP contribution in [0.5, 0.6) is 0 Å². The Kier molecular flexibility index (Phi) is 11.5. The third kappa shape index (κ3) is 10.8. The van der Waals surface area contributed by atoms with Crippen molar-refractivity contribution in [3.63, 3.8) is 0 Å². The molecule has 0 spiro atoms. The predicted octanol–water partition coefficient (Wildman–Crippen LogP) is 1.86. The summed E-state index contributed by atoms with van der Waals surface area (Å²) in [5, 5.41) is 0. The SMILES string of the molecule is CS(=O)(=O)c1ccc(CN2CCOCCOCCN(Cc3ccc(S(C)(=O)=O)cc3)CCOCC2)cc1. The molecule has 1 aliphatic rings. The number of nitrogens with zero attached hydrogens (tertiary/aromatic N) is 2. The molecule has 3 rings (SSSR count). The molecule has 0 saturated carbocycles. The van der Waals surface area contributed by atoms with Gasteiger partial charge in [0.2, 0.25) is 0 Å². The molecule has 0 unspecified atom stereocenters. The molecule has 206 valence electrons. The van der Waals surface area contributed by atoms with Crippen LogP contribution in [-0.4, -0.2) is 105 Å². The normalized spacial score (nSPS) is 18.6. The first-order valence-electron chi connectivity index (χ1n) is 12.4. The molecule has 0 radical (unpaired) electrons. The van der Waals surface area contributed by atoms with E-state index in [0.29, 0.717) is 62.5 Å². The molecule has 0 aliphatic carbocycles. The topological polar surface area (TPSA) is 102 Å². The Balaban J connectivity index is 1.55. The Hall–Kier alpha value is -1.86. The van der Waals surface area contributed by atoms with Gasteiger partial charge in [-0.3, -0.25) is 9.80 Å². The summed E-state index contributed by atoms with van der Waals surface area (Å²) in [6.07, 6.45) is 2.42. The second-order valence-electron chi connectivity index (χ2n) is 9.22. The van der Waals surface area contributed by atoms with Gasteiger partial charge in [-0.05, 0) is 35.4 Å². The highest BCUT2D eigenvalue weighted by Crippen LogP contribution is 2.13. The second kappa shape index (κ2) is 14.3. The van der Waals surface area contributed by atoms with Gasteiger partial charge in [0.1, 0.15) is 0 Å². The van der Waals surface area contributed by atoms with E-state index in [-0.39, 0.29) is 0 Å². The van der Waals surface area contributed by atoms with Crippen LogP contribution in [0.1, 0.15) is 11.1 Å². The van der Waals surface area contributed by atoms with E-state index in [9.17, 15) is 16.8 Å². The summed E-state index contributed by atoms with van der Waals surface area (Å²) in [6.45, 7) is 7.54. The third-order valence-corrected chi connectivity index (χ3v) is 8.35. The molecule has 2 aromatic carbocycles. The smallest absolute Gasteiger partial charge is 0.175 e. The monoisotopic (exact) mass is 554 g/mol. The van der Waals surface area contributed by atoms with E-state index < -0.39 is 19.7 Å². The molecule has 2 aromatic rings. The van der Waals surface area contributed by atoms with Crippen molar-refractivity contribution in [2.45, 2.75) is 22.9 Å². The van der Waals surface area contributed by atoms with Gasteiger partial charge >= 0.3 is 0 Å². The van der Waals surface area contributed by atoms with Crippen LogP contribution < -0.4 is 0 Å². The highest BCUT2D eigenvalue weighted by Gasteiger charge is 2.12. The van der Waals surface area contributed by atoms with E-state index in [2.05, 4.69) is 9.80 Å². The first-order valence-corrected chi connectivity index (χ1v) is 16.2. The lowest BCUT2D eigenvalue weighted by Gasteiger charge is -2.24. The number of ether oxygens (including phenoxy) is 3. The van der Waals surface area contributed by atoms with E-state index in [4.69, 9.17) is 14.2 Å². The van der Waals surface area contributed by atoms with Gasteiger partial charge in [-0.2, -0.15) is 0 Å². The second-order valence-corrected chi connectivity index (χ2v) is 13.3. The third-order valence-electron chi connectivity index (χ3n) is 6.09. The van der Waals surface area contributed by atoms with Crippen molar-refractivity contribution in [2.24, 2.45) is 0 Å². The zero-order valence-electron chi connectivity index (χ0n) is 21.7. The summed E-state index contributed by atoms with van der Waals surface area (Å²) >= 11 is 0. The van der Waals surface area contributed by atoms with Gasteiger partial charge in [-0.1, -0.05) is 24.3 Å². The lowest BCUT2D eigenvalue weighted by Crippen LogP contribution is -2.32. The molecular formula is C26H38N2O7S2. The minimum Gasteiger partial charge on any atom is -0.379 e. The summed E-state index contributed by atoms with van der Waals surface area (Å²) in [5.74, 6) is 0. The van der Waals surface area contributed by atoms with Crippen LogP contribution in [0.15, 0.2) is 58.3 Å². The predicted molar refractivity (Wildman–Crippen MR) is 142 cm³/mol. The quantitative estimate of drug-likeness (QED) is 0.529. The molecule has 0 bridgehead atoms. The Labute approximate surface area is 221 Å². The summed E-state index contributed by atoms with van der Waals surface area (Å²) in [6, 6.07) is 14.0. The van der Waals surface area contributed by atoms with Crippen LogP contribution in [0.4, 0.5) is 0 Å². The fourth-order valence-electron chi connectivity index (χ4n) is 3.94. The molecule has 37 heavy (non-hydrogen) atoms. The van der Waals surface area contributed by atoms with E-state index in [1.165, 1.54) is 12.5 Å². The van der Waals surface area contributed by atoms with Gasteiger partial charge in [0.25, 0.3) is 0 Å². The van der Waals surface area contributed by atoms with Gasteiger partial charge in [0.15, 0.2) is 19.7 Å². The molecule has 11 heteroatoms. The van der Waals surface area contributed by atoms with E-state index in [0.717, 1.165) is 37.3 Å². The molecule has 1 saturated heterocycles. The van der Waals surface area contributed by atoms with E-state index in [1.54, 1.807) is 24.3 Å². The van der Waals surface area contributed by atoms with Crippen LogP contribution in [0, 0.1) is 0 Å². The van der Waals surface area contributed by atoms with Gasteiger partial charge in [-0.25, -0.2) is 16.8 Å². The van der Waals surface area contributed by atoms with Crippen LogP contribution in [0.3, 0.4) is 0 Å². The summed E-state index contributed by atoms with van der Waals surface area (Å²) < 4.78 is 64.3. The zero-order valence-corrected chi connectivity index (χ0v) is 23.3. The van der Waals surface area contributed by atoms with Crippen molar-refractivity contribution in [2.75, 3.05) is 78.3 Å². The van der Waals surface area contributed by atoms with Gasteiger partial charge in [-0.15, -0.1) is 0 Å². The van der Waals surface area contributed by atoms with Crippen molar-refractivity contribution < 1.29 is 31.0 Å². The standard InChI is InChI=1S/C26H38N2O7S2/c1-36(29,30)25-7-3-23(4-8-25)21-27-11-15-33-16-12-28(14-18-35-20-19-34-17-13-27)22-24-5-9-26(10-6-24)37(2,31)32/h3-10H,11-22H2,1-2H3. The number of hydrogen-bond donors (Lipinski definition) is 0. The van der Waals surface area contributed by atoms with Crippen LogP contribution in [0.25, 0.3) is 0 Å². The Morgan fingerprint density at radius 2 is 0.838 bits per heavy atom. The van der Waals surface area contributed by atoms with Crippen molar-refractivity contribution in [1.82, 2.24) is 9.80 Å². The average molecular weight is 555 g/mol. The molecule has 1 aliphatic heterocycles. The zero-order chi connectivity index (χ0) is 26.7. The molecule has 1 fully saturated rings. The summed E-state index contributed by atoms with van der Waals surface area (Å²) in [7, 11) is -6.43. The highest BCUT2D eigenvalue weighted by molar-refractivity contribution is 7.91. The van der Waals surface area contributed by atoms with Gasteiger partial charge < -0.3 is 14.2 Å². The first kappa shape index (κ1) is 29.7. The first-order chi connectivity index (χ1) is 17.6. The summed E-state index contributed by atoms with van der Waals surface area (Å²) in [4.78, 5) is 5.10. The molecule has 0 amide bonds. The largest absolute Gasteiger partial charge is 0.379 e. The van der Waals surface area contributed by atoms with Gasteiger partial charge in [0, 0.05) is 51.8 Å². The minimum atomic E-state index is -3.22. The van der Waals surface area contributed by atoms with Crippen molar-refractivity contribution in [3.8, 4) is 0 Å². The average Bonchev–Trinajstić information content (AvgIpc) is 2.85. The van der Waals surface area contributed by atoms with Crippen molar-refractivity contribution in [1.29, 1.82) is 0 Å². The van der Waals surface area contributed by atoms with E-state index in [1.807, 2.05) is 24.3 Å². The lowest BCUT2D eigenvalue weighted by molar-refractivity contribution is 0.0311. The molecule has 1 heterocycles. The van der Waals surface area contributed by atoms with Gasteiger partial charge in [0.05, 0.1) is 49.4 Å². The highest BCUT2D eigenvalue weighted by atomic mass is 32.2. The number of hydrogen-bond acceptors (Lipinski definition) is 9. The molecule has 9 nitrogen and oxygen atoms in total. The lowest BCUT2D eigenvalue weighted by atomic mass is 10.2. The maximum atomic E-state index is 11.7. The fourth-order valence-corrected chi connectivity index (χ4v) is 5.20. The maximum Gasteiger partial charge on any atom is 0.175 e. The van der Waals surface area contributed by atoms with Crippen LogP contribution in [0.2, 0.25) is 0 Å². The number of benzene rings is 2. The summed E-state index contributed by atoms with van der Waals surface area (Å²) in [5.41, 5.74) is 2.06. The molecule has 0 atom stereocenters. The molecule has 0 aromatic heterocycles. The maximum absolute atomic E-state index is 11.7. The van der Waals surface area contributed by atoms with Crippen LogP contribution >= 0.6 is 0 Å². The van der Waals surface area contributed by atoms with Crippen LogP contribution in [-0.2, 0) is 47.0 Å². The van der Waals surface area contributed by atoms with Crippen molar-refractivity contribution >= 4 is 19.7 Å². The molecule has 0 N–H and O–H groups in total. The number of rotatable bonds is 6. The minimum absolute atomic E-state index is 0.316. The number of sulfone groups is 2. The van der Waals surface area contributed by atoms with E-state index >= 15 is 0 Å². The fraction of sp³-hybridized carbons (Fsp3) is 0.538. The Morgan fingerprint density at radius 1 is 0.541 bits per heavy atom. The Bertz CT molecular complexity index is 1070. The molecular weight excluding hydrogens is 516 g/mol.